The van der Waals surface area contributed by atoms with E-state index in [1.807, 2.05) is 19.9 Å². The highest BCUT2D eigenvalue weighted by molar-refractivity contribution is 6.32. The maximum atomic E-state index is 13.7. The first-order chi connectivity index (χ1) is 20.6. The summed E-state index contributed by atoms with van der Waals surface area (Å²) in [6, 6.07) is 5.53. The van der Waals surface area contributed by atoms with Crippen molar-refractivity contribution in [3.8, 4) is 5.75 Å². The van der Waals surface area contributed by atoms with Gasteiger partial charge < -0.3 is 9.84 Å². The van der Waals surface area contributed by atoms with Gasteiger partial charge in [-0.05, 0) is 80.1 Å². The van der Waals surface area contributed by atoms with Crippen LogP contribution in [-0.4, -0.2) is 29.6 Å². The molecule has 2 saturated heterocycles. The van der Waals surface area contributed by atoms with Crippen molar-refractivity contribution in [3.05, 3.63) is 74.8 Å². The number of ether oxygens (including phenoxy) is 1. The lowest BCUT2D eigenvalue weighted by Crippen LogP contribution is -2.34. The van der Waals surface area contributed by atoms with Gasteiger partial charge in [0.25, 0.3) is 0 Å². The third-order valence-corrected chi connectivity index (χ3v) is 8.95. The van der Waals surface area contributed by atoms with E-state index in [9.17, 15) is 41.0 Å². The lowest BCUT2D eigenvalue weighted by Gasteiger charge is -2.30. The van der Waals surface area contributed by atoms with Gasteiger partial charge >= 0.3 is 12.4 Å². The number of nitrogens with zero attached hydrogens (tertiary/aromatic N) is 1. The fraction of sp³-hybridized carbons (Fsp3) is 0.438. The molecule has 1 aliphatic carbocycles. The van der Waals surface area contributed by atoms with Gasteiger partial charge in [0.1, 0.15) is 5.75 Å². The second-order valence-corrected chi connectivity index (χ2v) is 12.0. The number of phenols is 1. The zero-order valence-electron chi connectivity index (χ0n) is 23.9. The molecule has 2 aliphatic heterocycles. The van der Waals surface area contributed by atoms with Crippen LogP contribution in [0, 0.1) is 17.8 Å². The molecule has 1 N–H and O–H groups in total. The molecule has 0 bridgehead atoms. The molecule has 0 saturated carbocycles. The topological polar surface area (TPSA) is 66.8 Å². The van der Waals surface area contributed by atoms with Crippen LogP contribution in [0.3, 0.4) is 0 Å². The summed E-state index contributed by atoms with van der Waals surface area (Å²) in [5, 5.41) is 10.1. The van der Waals surface area contributed by atoms with E-state index >= 15 is 0 Å². The number of benzene rings is 2. The van der Waals surface area contributed by atoms with E-state index in [0.29, 0.717) is 34.9 Å². The number of amides is 2. The summed E-state index contributed by atoms with van der Waals surface area (Å²) in [6.45, 7) is 3.98. The number of imide groups is 1. The van der Waals surface area contributed by atoms with Crippen LogP contribution in [0.15, 0.2) is 53.1 Å². The third-order valence-electron chi connectivity index (χ3n) is 8.63. The molecule has 5 rings (SSSR count). The molecule has 2 fully saturated rings. The SMILES string of the molecule is CCC/C(=C\c1ccc(O)cc1Cl)CC[C@H]1OC[C@H]2C1=C(C)C[C@H]1C(=O)N(c3cc(C(F)(F)F)cc(C(F)(F)F)c3)C(=O)[C@H]12. The quantitative estimate of drug-likeness (QED) is 0.187. The molecule has 2 heterocycles. The van der Waals surface area contributed by atoms with Crippen molar-refractivity contribution in [2.75, 3.05) is 11.5 Å². The zero-order valence-corrected chi connectivity index (χ0v) is 24.6. The van der Waals surface area contributed by atoms with E-state index < -0.39 is 58.7 Å². The van der Waals surface area contributed by atoms with Crippen molar-refractivity contribution in [2.45, 2.75) is 64.4 Å². The summed E-state index contributed by atoms with van der Waals surface area (Å²) >= 11 is 6.29. The molecular formula is C32H30ClF6NO4. The number of anilines is 1. The number of halogens is 7. The molecule has 2 amide bonds. The number of carbonyl (C=O) groups excluding carboxylic acids is 2. The zero-order chi connectivity index (χ0) is 32.1. The van der Waals surface area contributed by atoms with Gasteiger partial charge in [0.2, 0.25) is 11.8 Å². The Morgan fingerprint density at radius 2 is 1.66 bits per heavy atom. The smallest absolute Gasteiger partial charge is 0.416 e. The number of allylic oxidation sites excluding steroid dienone is 2. The molecule has 0 radical (unpaired) electrons. The van der Waals surface area contributed by atoms with E-state index in [1.165, 1.54) is 6.07 Å². The molecule has 4 atom stereocenters. The van der Waals surface area contributed by atoms with Crippen molar-refractivity contribution in [3.63, 3.8) is 0 Å². The first-order valence-corrected chi connectivity index (χ1v) is 14.6. The summed E-state index contributed by atoms with van der Waals surface area (Å²) in [6.07, 6.45) is -5.61. The Hall–Kier alpha value is -3.31. The number of hydrogen-bond donors (Lipinski definition) is 1. The maximum absolute atomic E-state index is 13.7. The number of fused-ring (bicyclic) bond motifs is 3. The maximum Gasteiger partial charge on any atom is 0.416 e. The highest BCUT2D eigenvalue weighted by Gasteiger charge is 2.57. The monoisotopic (exact) mass is 641 g/mol. The van der Waals surface area contributed by atoms with Gasteiger partial charge in [0, 0.05) is 5.92 Å². The van der Waals surface area contributed by atoms with Crippen LogP contribution in [0.4, 0.5) is 32.0 Å². The van der Waals surface area contributed by atoms with Crippen LogP contribution >= 0.6 is 11.6 Å². The first-order valence-electron chi connectivity index (χ1n) is 14.3. The fourth-order valence-corrected chi connectivity index (χ4v) is 6.94. The number of alkyl halides is 6. The Labute approximate surface area is 255 Å². The minimum atomic E-state index is -5.12. The minimum Gasteiger partial charge on any atom is -0.508 e. The summed E-state index contributed by atoms with van der Waals surface area (Å²) in [4.78, 5) is 27.6. The van der Waals surface area contributed by atoms with Crippen molar-refractivity contribution >= 4 is 35.2 Å². The molecule has 44 heavy (non-hydrogen) atoms. The second kappa shape index (κ2) is 11.9. The standard InChI is InChI=1S/C32H30ClF6NO4/c1-3-4-17(10-18-6-7-22(41)14-25(18)33)5-8-26-27-16(2)9-23-28(24(27)15-44-26)30(43)40(29(23)42)21-12-19(31(34,35)36)11-20(13-21)32(37,38)39/h6-7,10-14,23-24,26,28,41H,3-5,8-9,15H2,1-2H3/b17-10+/t23-,24+,26-,28-/m1/s1. The highest BCUT2D eigenvalue weighted by Crippen LogP contribution is 2.51. The summed E-state index contributed by atoms with van der Waals surface area (Å²) < 4.78 is 87.2. The number of hydrogen-bond acceptors (Lipinski definition) is 4. The average molecular weight is 642 g/mol. The summed E-state index contributed by atoms with van der Waals surface area (Å²) in [5.41, 5.74) is -0.372. The van der Waals surface area contributed by atoms with Gasteiger partial charge in [0.15, 0.2) is 0 Å². The highest BCUT2D eigenvalue weighted by atomic mass is 35.5. The number of carbonyl (C=O) groups is 2. The molecule has 0 unspecified atom stereocenters. The van der Waals surface area contributed by atoms with Crippen molar-refractivity contribution in [2.24, 2.45) is 17.8 Å². The molecule has 12 heteroatoms. The first kappa shape index (κ1) is 32.1. The van der Waals surface area contributed by atoms with Crippen LogP contribution in [0.2, 0.25) is 5.02 Å². The van der Waals surface area contributed by atoms with Gasteiger partial charge in [-0.15, -0.1) is 0 Å². The summed E-state index contributed by atoms with van der Waals surface area (Å²) in [7, 11) is 0. The van der Waals surface area contributed by atoms with Crippen molar-refractivity contribution < 1.29 is 45.8 Å². The second-order valence-electron chi connectivity index (χ2n) is 11.6. The number of aromatic hydroxyl groups is 1. The predicted octanol–water partition coefficient (Wildman–Crippen LogP) is 8.59. The molecular weight excluding hydrogens is 612 g/mol. The predicted molar refractivity (Wildman–Crippen MR) is 152 cm³/mol. The average Bonchev–Trinajstić information content (AvgIpc) is 3.46. The normalized spacial score (nSPS) is 24.3. The Kier molecular flexibility index (Phi) is 8.67. The number of phenolic OH excluding ortho intramolecular Hbond substituents is 1. The largest absolute Gasteiger partial charge is 0.508 e. The van der Waals surface area contributed by atoms with Crippen LogP contribution in [-0.2, 0) is 26.7 Å². The summed E-state index contributed by atoms with van der Waals surface area (Å²) in [5.74, 6) is -3.95. The van der Waals surface area contributed by atoms with Crippen LogP contribution in [0.5, 0.6) is 5.75 Å². The van der Waals surface area contributed by atoms with E-state index in [1.54, 1.807) is 12.1 Å². The van der Waals surface area contributed by atoms with Gasteiger partial charge in [0.05, 0.1) is 46.4 Å². The number of rotatable bonds is 7. The van der Waals surface area contributed by atoms with Gasteiger partial charge in [-0.1, -0.05) is 42.2 Å². The lowest BCUT2D eigenvalue weighted by atomic mass is 9.70. The van der Waals surface area contributed by atoms with Crippen LogP contribution in [0.1, 0.15) is 62.6 Å². The molecule has 2 aromatic carbocycles. The Morgan fingerprint density at radius 1 is 1.00 bits per heavy atom. The van der Waals surface area contributed by atoms with Gasteiger partial charge in [-0.3, -0.25) is 9.59 Å². The van der Waals surface area contributed by atoms with Crippen LogP contribution in [0.25, 0.3) is 6.08 Å². The Balaban J connectivity index is 1.40. The van der Waals surface area contributed by atoms with Crippen LogP contribution < -0.4 is 4.90 Å². The molecule has 3 aliphatic rings. The van der Waals surface area contributed by atoms with Crippen molar-refractivity contribution in [1.29, 1.82) is 0 Å². The van der Waals surface area contributed by atoms with E-state index in [0.717, 1.165) is 35.1 Å². The molecule has 5 nitrogen and oxygen atoms in total. The van der Waals surface area contributed by atoms with Gasteiger partial charge in [-0.25, -0.2) is 4.90 Å². The molecule has 0 spiro atoms. The molecule has 0 aromatic heterocycles. The van der Waals surface area contributed by atoms with Gasteiger partial charge in [-0.2, -0.15) is 26.3 Å². The minimum absolute atomic E-state index is 0.0301. The van der Waals surface area contributed by atoms with E-state index in [-0.39, 0.29) is 30.9 Å². The lowest BCUT2D eigenvalue weighted by molar-refractivity contribution is -0.143. The molecule has 2 aromatic rings. The fourth-order valence-electron chi connectivity index (χ4n) is 6.71. The van der Waals surface area contributed by atoms with Crippen molar-refractivity contribution in [1.82, 2.24) is 0 Å². The van der Waals surface area contributed by atoms with E-state index in [4.69, 9.17) is 16.3 Å². The Bertz CT molecular complexity index is 1510. The molecule has 236 valence electrons. The third kappa shape index (κ3) is 6.13. The Morgan fingerprint density at radius 3 is 2.25 bits per heavy atom. The van der Waals surface area contributed by atoms with E-state index in [2.05, 4.69) is 0 Å².